The molecular weight excluding hydrogens is 414 g/mol. The minimum atomic E-state index is -5.01. The van der Waals surface area contributed by atoms with Crippen LogP contribution < -0.4 is 11.1 Å². The Morgan fingerprint density at radius 3 is 2.59 bits per heavy atom. The van der Waals surface area contributed by atoms with Crippen molar-refractivity contribution in [2.24, 2.45) is 11.7 Å². The molecule has 2 rings (SSSR count). The van der Waals surface area contributed by atoms with Gasteiger partial charge in [0.2, 0.25) is 15.9 Å². The summed E-state index contributed by atoms with van der Waals surface area (Å²) < 4.78 is 78.1. The zero-order valence-electron chi connectivity index (χ0n) is 14.1. The molecule has 1 aliphatic heterocycles. The van der Waals surface area contributed by atoms with Crippen molar-refractivity contribution in [2.75, 3.05) is 26.2 Å². The van der Waals surface area contributed by atoms with Crippen LogP contribution in [0.2, 0.25) is 0 Å². The average molecular weight is 434 g/mol. The normalized spacial score (nSPS) is 18.6. The molecular formula is C15H20ClF4N3O3S. The van der Waals surface area contributed by atoms with E-state index < -0.39 is 38.4 Å². The number of hydrogen-bond acceptors (Lipinski definition) is 4. The highest BCUT2D eigenvalue weighted by Gasteiger charge is 2.37. The highest BCUT2D eigenvalue weighted by atomic mass is 35.5. The van der Waals surface area contributed by atoms with Crippen molar-refractivity contribution < 1.29 is 30.8 Å². The Kier molecular flexibility index (Phi) is 8.02. The smallest absolute Gasteiger partial charge is 0.355 e. The van der Waals surface area contributed by atoms with E-state index in [-0.39, 0.29) is 50.6 Å². The second kappa shape index (κ2) is 9.18. The van der Waals surface area contributed by atoms with Gasteiger partial charge in [-0.1, -0.05) is 0 Å². The number of nitrogens with two attached hydrogens (primary N) is 1. The molecule has 1 heterocycles. The van der Waals surface area contributed by atoms with E-state index in [1.54, 1.807) is 0 Å². The zero-order chi connectivity index (χ0) is 19.5. The third kappa shape index (κ3) is 5.53. The van der Waals surface area contributed by atoms with Crippen LogP contribution in [0.15, 0.2) is 23.1 Å². The van der Waals surface area contributed by atoms with E-state index in [1.165, 1.54) is 0 Å². The molecule has 1 aromatic carbocycles. The van der Waals surface area contributed by atoms with E-state index in [4.69, 9.17) is 5.73 Å². The van der Waals surface area contributed by atoms with Gasteiger partial charge in [0.1, 0.15) is 5.82 Å². The third-order valence-corrected chi connectivity index (χ3v) is 5.94. The molecule has 0 bridgehead atoms. The van der Waals surface area contributed by atoms with Crippen LogP contribution in [0.3, 0.4) is 0 Å². The van der Waals surface area contributed by atoms with Gasteiger partial charge in [0, 0.05) is 26.2 Å². The molecule has 0 spiro atoms. The lowest BCUT2D eigenvalue weighted by Gasteiger charge is -2.31. The van der Waals surface area contributed by atoms with Crippen molar-refractivity contribution in [2.45, 2.75) is 23.9 Å². The number of carbonyl (C=O) groups is 1. The molecule has 6 nitrogen and oxygen atoms in total. The summed E-state index contributed by atoms with van der Waals surface area (Å²) in [6.45, 7) is 0.393. The summed E-state index contributed by atoms with van der Waals surface area (Å²) in [6.07, 6.45) is -4.17. The van der Waals surface area contributed by atoms with Crippen LogP contribution in [0.25, 0.3) is 0 Å². The molecule has 1 amide bonds. The number of nitrogens with zero attached hydrogens (tertiary/aromatic N) is 1. The molecule has 0 aromatic heterocycles. The first-order chi connectivity index (χ1) is 12.1. The van der Waals surface area contributed by atoms with Gasteiger partial charge >= 0.3 is 6.18 Å². The van der Waals surface area contributed by atoms with E-state index in [9.17, 15) is 30.8 Å². The summed E-state index contributed by atoms with van der Waals surface area (Å²) in [7, 11) is -4.29. The number of nitrogens with one attached hydrogen (secondary N) is 1. The number of sulfonamides is 1. The molecule has 12 heteroatoms. The van der Waals surface area contributed by atoms with Crippen molar-refractivity contribution in [1.29, 1.82) is 0 Å². The van der Waals surface area contributed by atoms with Crippen LogP contribution in [-0.4, -0.2) is 44.8 Å². The minimum Gasteiger partial charge on any atom is -0.355 e. The van der Waals surface area contributed by atoms with Crippen LogP contribution in [0.5, 0.6) is 0 Å². The highest BCUT2D eigenvalue weighted by Crippen LogP contribution is 2.34. The Morgan fingerprint density at radius 1 is 1.33 bits per heavy atom. The molecule has 0 radical (unpaired) electrons. The van der Waals surface area contributed by atoms with Crippen molar-refractivity contribution in [1.82, 2.24) is 9.62 Å². The Balaban J connectivity index is 0.00000364. The largest absolute Gasteiger partial charge is 0.419 e. The molecule has 1 fully saturated rings. The lowest BCUT2D eigenvalue weighted by Crippen LogP contribution is -2.46. The minimum absolute atomic E-state index is 0. The summed E-state index contributed by atoms with van der Waals surface area (Å²) in [5, 5.41) is 2.57. The Bertz CT molecular complexity index is 774. The standard InChI is InChI=1S/C15H19F4N3O3S.ClH/c16-13-4-3-11(8-12(13)15(17,18)19)26(24,25)22-7-1-2-10(9-22)14(23)21-6-5-20;/h3-4,8,10H,1-2,5-7,9,20H2,(H,21,23);1H. The topological polar surface area (TPSA) is 92.5 Å². The highest BCUT2D eigenvalue weighted by molar-refractivity contribution is 7.89. The van der Waals surface area contributed by atoms with Gasteiger partial charge in [-0.05, 0) is 31.0 Å². The van der Waals surface area contributed by atoms with E-state index in [2.05, 4.69) is 5.32 Å². The number of piperidine rings is 1. The first-order valence-corrected chi connectivity index (χ1v) is 9.36. The van der Waals surface area contributed by atoms with Crippen LogP contribution in [-0.2, 0) is 21.0 Å². The number of benzene rings is 1. The van der Waals surface area contributed by atoms with Gasteiger partial charge < -0.3 is 11.1 Å². The van der Waals surface area contributed by atoms with E-state index in [0.717, 1.165) is 10.4 Å². The van der Waals surface area contributed by atoms with Gasteiger partial charge in [-0.3, -0.25) is 4.79 Å². The van der Waals surface area contributed by atoms with Crippen molar-refractivity contribution in [3.8, 4) is 0 Å². The summed E-state index contributed by atoms with van der Waals surface area (Å²) in [4.78, 5) is 11.4. The third-order valence-electron chi connectivity index (χ3n) is 4.08. The van der Waals surface area contributed by atoms with E-state index >= 15 is 0 Å². The predicted octanol–water partition coefficient (Wildman–Crippen LogP) is 1.74. The fourth-order valence-electron chi connectivity index (χ4n) is 2.75. The zero-order valence-corrected chi connectivity index (χ0v) is 15.8. The molecule has 3 N–H and O–H groups in total. The van der Waals surface area contributed by atoms with Gasteiger partial charge in [-0.15, -0.1) is 12.4 Å². The molecule has 0 aliphatic carbocycles. The Hall–Kier alpha value is -1.43. The first-order valence-electron chi connectivity index (χ1n) is 7.92. The van der Waals surface area contributed by atoms with E-state index in [0.29, 0.717) is 18.9 Å². The number of amides is 1. The van der Waals surface area contributed by atoms with Crippen molar-refractivity contribution in [3.05, 3.63) is 29.6 Å². The molecule has 1 aromatic rings. The molecule has 1 unspecified atom stereocenters. The first kappa shape index (κ1) is 23.6. The van der Waals surface area contributed by atoms with Gasteiger partial charge in [0.15, 0.2) is 0 Å². The van der Waals surface area contributed by atoms with Crippen LogP contribution in [0, 0.1) is 11.7 Å². The number of alkyl halides is 3. The molecule has 27 heavy (non-hydrogen) atoms. The summed E-state index contributed by atoms with van der Waals surface area (Å²) in [5.74, 6) is -2.52. The Labute approximate surface area is 160 Å². The van der Waals surface area contributed by atoms with Gasteiger partial charge in [-0.25, -0.2) is 12.8 Å². The Morgan fingerprint density at radius 2 is 2.00 bits per heavy atom. The number of carbonyl (C=O) groups excluding carboxylic acids is 1. The van der Waals surface area contributed by atoms with Crippen LogP contribution in [0.4, 0.5) is 17.6 Å². The summed E-state index contributed by atoms with van der Waals surface area (Å²) >= 11 is 0. The number of hydrogen-bond donors (Lipinski definition) is 2. The lowest BCUT2D eigenvalue weighted by molar-refractivity contribution is -0.140. The average Bonchev–Trinajstić information content (AvgIpc) is 2.59. The van der Waals surface area contributed by atoms with Crippen molar-refractivity contribution >= 4 is 28.3 Å². The van der Waals surface area contributed by atoms with Crippen LogP contribution >= 0.6 is 12.4 Å². The summed E-state index contributed by atoms with van der Waals surface area (Å²) in [6, 6.07) is 1.55. The maximum atomic E-state index is 13.4. The SMILES string of the molecule is Cl.NCCNC(=O)C1CCCN(S(=O)(=O)c2ccc(F)c(C(F)(F)F)c2)C1. The fraction of sp³-hybridized carbons (Fsp3) is 0.533. The van der Waals surface area contributed by atoms with Crippen molar-refractivity contribution in [3.63, 3.8) is 0 Å². The maximum absolute atomic E-state index is 13.4. The number of halogens is 5. The predicted molar refractivity (Wildman–Crippen MR) is 92.2 cm³/mol. The van der Waals surface area contributed by atoms with Gasteiger partial charge in [0.25, 0.3) is 0 Å². The molecule has 0 saturated carbocycles. The second-order valence-corrected chi connectivity index (χ2v) is 7.86. The summed E-state index contributed by atoms with van der Waals surface area (Å²) in [5.41, 5.74) is 3.65. The monoisotopic (exact) mass is 433 g/mol. The van der Waals surface area contributed by atoms with Crippen LogP contribution in [0.1, 0.15) is 18.4 Å². The quantitative estimate of drug-likeness (QED) is 0.692. The number of rotatable bonds is 5. The second-order valence-electron chi connectivity index (χ2n) is 5.92. The molecule has 1 saturated heterocycles. The van der Waals surface area contributed by atoms with Gasteiger partial charge in [-0.2, -0.15) is 17.5 Å². The fourth-order valence-corrected chi connectivity index (χ4v) is 4.30. The maximum Gasteiger partial charge on any atom is 0.419 e. The van der Waals surface area contributed by atoms with E-state index in [1.807, 2.05) is 0 Å². The molecule has 1 aliphatic rings. The lowest BCUT2D eigenvalue weighted by atomic mass is 9.99. The van der Waals surface area contributed by atoms with Gasteiger partial charge in [0.05, 0.1) is 16.4 Å². The molecule has 1 atom stereocenters. The molecule has 154 valence electrons.